The highest BCUT2D eigenvalue weighted by Crippen LogP contribution is 2.27. The third kappa shape index (κ3) is 50.2. The van der Waals surface area contributed by atoms with Crippen molar-refractivity contribution in [1.29, 1.82) is 0 Å². The van der Waals surface area contributed by atoms with Gasteiger partial charge in [0.25, 0.3) is 0 Å². The number of rotatable bonds is 61. The molecule has 1 aliphatic heterocycles. The van der Waals surface area contributed by atoms with Gasteiger partial charge in [0.15, 0.2) is 18.3 Å². The van der Waals surface area contributed by atoms with Crippen LogP contribution in [-0.2, 0) is 62.0 Å². The fourth-order valence-electron chi connectivity index (χ4n) is 10.8. The van der Waals surface area contributed by atoms with E-state index in [0.29, 0.717) is 45.1 Å². The monoisotopic (exact) mass is 1230 g/mol. The lowest BCUT2D eigenvalue weighted by molar-refractivity contribution is -0.233. The molecule has 1 aliphatic rings. The first-order valence-electron chi connectivity index (χ1n) is 35.9. The summed E-state index contributed by atoms with van der Waals surface area (Å²) in [6, 6.07) is 0. The molecule has 1 fully saturated rings. The summed E-state index contributed by atoms with van der Waals surface area (Å²) in [5.74, 6) is -2.88. The average Bonchev–Trinajstić information content (AvgIpc) is 2.89. The van der Waals surface area contributed by atoms with Crippen LogP contribution in [0, 0.1) is 0 Å². The molecule has 87 heavy (non-hydrogen) atoms. The van der Waals surface area contributed by atoms with Crippen molar-refractivity contribution in [1.82, 2.24) is 21.3 Å². The maximum absolute atomic E-state index is 13.7. The number of hydrogen-bond donors (Lipinski definition) is 4. The molecule has 0 unspecified atom stereocenters. The minimum absolute atomic E-state index is 0.00553. The van der Waals surface area contributed by atoms with Crippen molar-refractivity contribution in [2.24, 2.45) is 0 Å². The van der Waals surface area contributed by atoms with E-state index in [9.17, 15) is 38.4 Å². The molecule has 0 bridgehead atoms. The van der Waals surface area contributed by atoms with E-state index in [0.717, 1.165) is 77.0 Å². The van der Waals surface area contributed by atoms with Gasteiger partial charge in [0.05, 0.1) is 6.61 Å². The van der Waals surface area contributed by atoms with Crippen LogP contribution in [0.3, 0.4) is 0 Å². The number of unbranched alkanes of at least 4 members (excludes halogenated alkanes) is 32. The molecule has 0 aromatic carbocycles. The predicted molar refractivity (Wildman–Crippen MR) is 347 cm³/mol. The van der Waals surface area contributed by atoms with Gasteiger partial charge in [0, 0.05) is 77.5 Å². The van der Waals surface area contributed by atoms with Crippen LogP contribution in [0.2, 0.25) is 0 Å². The number of carbonyl (C=O) groups is 8. The van der Waals surface area contributed by atoms with Gasteiger partial charge in [-0.15, -0.1) is 0 Å². The molecule has 17 heteroatoms. The molecule has 1 heterocycles. The molecule has 17 nitrogen and oxygen atoms in total. The second-order valence-corrected chi connectivity index (χ2v) is 24.6. The number of amides is 4. The molecule has 4 amide bonds. The van der Waals surface area contributed by atoms with Gasteiger partial charge >= 0.3 is 23.9 Å². The van der Waals surface area contributed by atoms with E-state index in [4.69, 9.17) is 23.7 Å². The van der Waals surface area contributed by atoms with E-state index < -0.39 is 48.3 Å². The highest BCUT2D eigenvalue weighted by molar-refractivity contribution is 5.77. The fourth-order valence-corrected chi connectivity index (χ4v) is 10.8. The minimum atomic E-state index is -1.38. The lowest BCUT2D eigenvalue weighted by Crippen LogP contribution is -2.59. The molecule has 4 N–H and O–H groups in total. The van der Waals surface area contributed by atoms with Crippen molar-refractivity contribution >= 4 is 47.5 Å². The van der Waals surface area contributed by atoms with E-state index in [1.165, 1.54) is 154 Å². The number of nitrogens with one attached hydrogen (secondary N) is 4. The molecule has 0 spiro atoms. The van der Waals surface area contributed by atoms with Gasteiger partial charge in [-0.25, -0.2) is 0 Å². The van der Waals surface area contributed by atoms with Crippen LogP contribution in [0.4, 0.5) is 0 Å². The van der Waals surface area contributed by atoms with Crippen molar-refractivity contribution in [3.63, 3.8) is 0 Å². The number of esters is 4. The third-order valence-electron chi connectivity index (χ3n) is 16.3. The topological polar surface area (TPSA) is 231 Å². The maximum Gasteiger partial charge on any atom is 0.306 e. The van der Waals surface area contributed by atoms with Gasteiger partial charge in [-0.2, -0.15) is 0 Å². The Morgan fingerprint density at radius 3 is 0.851 bits per heavy atom. The van der Waals surface area contributed by atoms with E-state index in [1.54, 1.807) is 0 Å². The Kier molecular flexibility index (Phi) is 55.1. The van der Waals surface area contributed by atoms with E-state index in [1.807, 2.05) is 0 Å². The first kappa shape index (κ1) is 80.7. The summed E-state index contributed by atoms with van der Waals surface area (Å²) in [6.07, 6.45) is 38.8. The van der Waals surface area contributed by atoms with Gasteiger partial charge in [-0.3, -0.25) is 38.4 Å². The SMILES string of the molecule is CCCCCCCCCCCC(=O)NCCCC(=O)OC[C@H]1OC[C@H](OC(=O)CCCNC(=O)CCCCCCCCCCC)[C@@H](OC(=O)CCCNC(=O)CCCCCCCCCCC)[C@@H]1OC(=O)CCCNC(=O)CCCCCCCCCCC. The zero-order valence-electron chi connectivity index (χ0n) is 55.8. The number of hydrogen-bond acceptors (Lipinski definition) is 13. The quantitative estimate of drug-likeness (QED) is 0.0253. The Hall–Kier alpha value is -4.28. The molecule has 1 saturated heterocycles. The van der Waals surface area contributed by atoms with Crippen molar-refractivity contribution in [2.75, 3.05) is 39.4 Å². The Morgan fingerprint density at radius 1 is 0.299 bits per heavy atom. The Labute approximate surface area is 528 Å². The van der Waals surface area contributed by atoms with Crippen LogP contribution in [0.1, 0.15) is 336 Å². The predicted octanol–water partition coefficient (Wildman–Crippen LogP) is 14.9. The molecular weight excluding hydrogens is 1100 g/mol. The van der Waals surface area contributed by atoms with Crippen molar-refractivity contribution in [2.45, 2.75) is 360 Å². The van der Waals surface area contributed by atoms with Crippen LogP contribution < -0.4 is 21.3 Å². The van der Waals surface area contributed by atoms with E-state index in [-0.39, 0.29) is 95.0 Å². The van der Waals surface area contributed by atoms with Gasteiger partial charge in [0.2, 0.25) is 23.6 Å². The van der Waals surface area contributed by atoms with Gasteiger partial charge in [-0.1, -0.05) is 233 Å². The third-order valence-corrected chi connectivity index (χ3v) is 16.3. The number of ether oxygens (including phenoxy) is 5. The van der Waals surface area contributed by atoms with Crippen molar-refractivity contribution in [3.8, 4) is 0 Å². The normalized spacial score (nSPS) is 15.5. The maximum atomic E-state index is 13.7. The Balaban J connectivity index is 3.03. The highest BCUT2D eigenvalue weighted by atomic mass is 16.7. The summed E-state index contributed by atoms with van der Waals surface area (Å²) in [6.45, 7) is 9.22. The second-order valence-electron chi connectivity index (χ2n) is 24.6. The Bertz CT molecular complexity index is 1750. The summed E-state index contributed by atoms with van der Waals surface area (Å²) < 4.78 is 29.9. The molecule has 1 rings (SSSR count). The molecule has 0 aromatic rings. The van der Waals surface area contributed by atoms with Gasteiger partial charge in [-0.05, 0) is 51.4 Å². The Morgan fingerprint density at radius 2 is 0.552 bits per heavy atom. The standard InChI is InChI=1S/C70H128N4O13/c1-5-9-13-17-21-25-29-33-37-45-61(75)71-53-41-49-65(79)84-57-59-69(86-67(81)51-43-55-73-63(77)47-39-35-31-27-23-19-15-11-7-3)70(87-68(82)52-44-56-74-64(78)48-40-36-32-28-24-20-16-12-8-4)60(58-83-59)85-66(80)50-42-54-72-62(76)46-38-34-30-26-22-18-14-10-6-2/h59-60,69-70H,5-58H2,1-4H3,(H,71,75)(H,72,76)(H,73,77)(H,74,78)/t59-,60+,69-,70-/m1/s1. The van der Waals surface area contributed by atoms with Crippen LogP contribution in [-0.4, -0.2) is 111 Å². The molecule has 0 saturated carbocycles. The summed E-state index contributed by atoms with van der Waals surface area (Å²) in [7, 11) is 0. The van der Waals surface area contributed by atoms with Crippen LogP contribution in [0.5, 0.6) is 0 Å². The van der Waals surface area contributed by atoms with E-state index >= 15 is 0 Å². The molecule has 4 atom stereocenters. The minimum Gasteiger partial charge on any atom is -0.463 e. The number of carbonyl (C=O) groups excluding carboxylic acids is 8. The van der Waals surface area contributed by atoms with Crippen molar-refractivity contribution in [3.05, 3.63) is 0 Å². The summed E-state index contributed by atoms with van der Waals surface area (Å²) in [5, 5.41) is 11.6. The fraction of sp³-hybridized carbons (Fsp3) is 0.886. The average molecular weight is 1230 g/mol. The molecule has 0 aromatic heterocycles. The largest absolute Gasteiger partial charge is 0.463 e. The molecule has 506 valence electrons. The molecule has 0 aliphatic carbocycles. The van der Waals surface area contributed by atoms with Crippen molar-refractivity contribution < 1.29 is 62.0 Å². The van der Waals surface area contributed by atoms with Crippen LogP contribution in [0.25, 0.3) is 0 Å². The summed E-state index contributed by atoms with van der Waals surface area (Å²) in [4.78, 5) is 105. The zero-order valence-corrected chi connectivity index (χ0v) is 55.8. The highest BCUT2D eigenvalue weighted by Gasteiger charge is 2.48. The summed E-state index contributed by atoms with van der Waals surface area (Å²) >= 11 is 0. The van der Waals surface area contributed by atoms with Crippen LogP contribution in [0.15, 0.2) is 0 Å². The lowest BCUT2D eigenvalue weighted by Gasteiger charge is -2.40. The molecule has 0 radical (unpaired) electrons. The first-order chi connectivity index (χ1) is 42.4. The smallest absolute Gasteiger partial charge is 0.306 e. The summed E-state index contributed by atoms with van der Waals surface area (Å²) in [5.41, 5.74) is 0. The van der Waals surface area contributed by atoms with Crippen LogP contribution >= 0.6 is 0 Å². The first-order valence-corrected chi connectivity index (χ1v) is 35.9. The van der Waals surface area contributed by atoms with Gasteiger partial charge < -0.3 is 45.0 Å². The van der Waals surface area contributed by atoms with Gasteiger partial charge in [0.1, 0.15) is 12.7 Å². The molecular formula is C70H128N4O13. The van der Waals surface area contributed by atoms with E-state index in [2.05, 4.69) is 49.0 Å². The second kappa shape index (κ2) is 59.3. The zero-order chi connectivity index (χ0) is 63.5. The lowest BCUT2D eigenvalue weighted by atomic mass is 9.99.